The van der Waals surface area contributed by atoms with Crippen molar-refractivity contribution in [2.75, 3.05) is 39.8 Å². The molecule has 2 atom stereocenters. The predicted molar refractivity (Wildman–Crippen MR) is 141 cm³/mol. The van der Waals surface area contributed by atoms with Crippen LogP contribution < -0.4 is 10.6 Å². The van der Waals surface area contributed by atoms with Gasteiger partial charge >= 0.3 is 0 Å². The quantitative estimate of drug-likeness (QED) is 0.320. The molecule has 180 valence electrons. The van der Waals surface area contributed by atoms with E-state index < -0.39 is 0 Å². The molecule has 0 aromatic heterocycles. The summed E-state index contributed by atoms with van der Waals surface area (Å²) in [6.45, 7) is 11.7. The molecule has 2 saturated heterocycles. The Hall–Kier alpha value is -1.39. The van der Waals surface area contributed by atoms with Crippen molar-refractivity contribution in [1.82, 2.24) is 20.4 Å². The van der Waals surface area contributed by atoms with Crippen molar-refractivity contribution in [2.45, 2.75) is 64.8 Å². The molecular weight excluding hydrogens is 517 g/mol. The lowest BCUT2D eigenvalue weighted by Gasteiger charge is -2.35. The molecule has 0 spiro atoms. The number of hydrogen-bond donors (Lipinski definition) is 2. The van der Waals surface area contributed by atoms with E-state index in [9.17, 15) is 4.79 Å². The van der Waals surface area contributed by atoms with Gasteiger partial charge in [0.25, 0.3) is 5.91 Å². The first-order valence-corrected chi connectivity index (χ1v) is 11.7. The Labute approximate surface area is 210 Å². The van der Waals surface area contributed by atoms with Crippen molar-refractivity contribution >= 4 is 35.8 Å². The maximum Gasteiger partial charge on any atom is 0.254 e. The zero-order valence-electron chi connectivity index (χ0n) is 20.0. The van der Waals surface area contributed by atoms with Crippen LogP contribution in [0.4, 0.5) is 0 Å². The molecule has 0 aliphatic carbocycles. The molecule has 1 amide bonds. The summed E-state index contributed by atoms with van der Waals surface area (Å²) in [5.41, 5.74) is 1.85. The Balaban J connectivity index is 0.00000363. The molecule has 3 rings (SSSR count). The van der Waals surface area contributed by atoms with E-state index in [0.29, 0.717) is 25.7 Å². The topological polar surface area (TPSA) is 69.2 Å². The van der Waals surface area contributed by atoms with Crippen LogP contribution in [0.5, 0.6) is 0 Å². The Morgan fingerprint density at radius 1 is 1.12 bits per heavy atom. The van der Waals surface area contributed by atoms with Gasteiger partial charge in [0.05, 0.1) is 12.2 Å². The number of halogens is 1. The summed E-state index contributed by atoms with van der Waals surface area (Å²) < 4.78 is 5.74. The number of likely N-dealkylation sites (tertiary alicyclic amines) is 1. The van der Waals surface area contributed by atoms with Gasteiger partial charge in [-0.1, -0.05) is 19.1 Å². The maximum absolute atomic E-state index is 12.8. The van der Waals surface area contributed by atoms with E-state index in [1.165, 1.54) is 13.0 Å². The second kappa shape index (κ2) is 13.3. The average molecular weight is 558 g/mol. The van der Waals surface area contributed by atoms with Crippen LogP contribution in [-0.2, 0) is 11.3 Å². The number of hydrogen-bond acceptors (Lipinski definition) is 4. The number of ether oxygens (including phenoxy) is 1. The Bertz CT molecular complexity index is 724. The number of carbonyl (C=O) groups is 1. The molecule has 2 aliphatic rings. The molecule has 2 fully saturated rings. The smallest absolute Gasteiger partial charge is 0.254 e. The average Bonchev–Trinajstić information content (AvgIpc) is 2.77. The third kappa shape index (κ3) is 7.88. The number of morpholine rings is 1. The minimum atomic E-state index is 0. The van der Waals surface area contributed by atoms with Gasteiger partial charge in [0, 0.05) is 51.4 Å². The summed E-state index contributed by atoms with van der Waals surface area (Å²) >= 11 is 0. The van der Waals surface area contributed by atoms with Gasteiger partial charge in [-0.25, -0.2) is 0 Å². The van der Waals surface area contributed by atoms with E-state index in [-0.39, 0.29) is 42.1 Å². The molecule has 2 N–H and O–H groups in total. The highest BCUT2D eigenvalue weighted by molar-refractivity contribution is 14.0. The molecule has 7 nitrogen and oxygen atoms in total. The summed E-state index contributed by atoms with van der Waals surface area (Å²) in [7, 11) is 1.81. The number of carbonyl (C=O) groups excluding carboxylic acids is 1. The Kier molecular flexibility index (Phi) is 11.2. The van der Waals surface area contributed by atoms with Gasteiger partial charge in [-0.05, 0) is 57.4 Å². The Morgan fingerprint density at radius 2 is 1.75 bits per heavy atom. The van der Waals surface area contributed by atoms with Crippen LogP contribution in [0.3, 0.4) is 0 Å². The summed E-state index contributed by atoms with van der Waals surface area (Å²) in [6.07, 6.45) is 3.67. The van der Waals surface area contributed by atoms with Crippen molar-refractivity contribution in [2.24, 2.45) is 4.99 Å². The van der Waals surface area contributed by atoms with E-state index in [4.69, 9.17) is 4.74 Å². The molecule has 32 heavy (non-hydrogen) atoms. The molecule has 8 heteroatoms. The number of amides is 1. The van der Waals surface area contributed by atoms with E-state index in [0.717, 1.165) is 43.0 Å². The fourth-order valence-corrected chi connectivity index (χ4v) is 4.48. The fourth-order valence-electron chi connectivity index (χ4n) is 4.48. The lowest BCUT2D eigenvalue weighted by molar-refractivity contribution is -0.0586. The van der Waals surface area contributed by atoms with Gasteiger partial charge in [-0.15, -0.1) is 24.0 Å². The molecule has 1 aromatic carbocycles. The van der Waals surface area contributed by atoms with Gasteiger partial charge in [0.2, 0.25) is 0 Å². The van der Waals surface area contributed by atoms with E-state index in [1.54, 1.807) is 0 Å². The minimum Gasteiger partial charge on any atom is -0.372 e. The van der Waals surface area contributed by atoms with Crippen molar-refractivity contribution in [1.29, 1.82) is 0 Å². The first-order chi connectivity index (χ1) is 15.0. The fraction of sp³-hybridized carbons (Fsp3) is 0.667. The maximum atomic E-state index is 12.8. The summed E-state index contributed by atoms with van der Waals surface area (Å²) in [4.78, 5) is 21.6. The highest BCUT2D eigenvalue weighted by Crippen LogP contribution is 2.15. The summed E-state index contributed by atoms with van der Waals surface area (Å²) in [5, 5.41) is 6.97. The zero-order chi connectivity index (χ0) is 22.2. The Morgan fingerprint density at radius 3 is 2.31 bits per heavy atom. The van der Waals surface area contributed by atoms with Crippen molar-refractivity contribution in [3.63, 3.8) is 0 Å². The SMILES string of the molecule is CCCN1CCC(NC(=NC)NCc2ccc(C(=O)N3CC(C)OC(C)C3)cc2)CC1.I. The molecule has 1 aromatic rings. The largest absolute Gasteiger partial charge is 0.372 e. The number of benzene rings is 1. The molecule has 2 heterocycles. The number of rotatable bonds is 6. The van der Waals surface area contributed by atoms with Crippen LogP contribution in [0, 0.1) is 0 Å². The van der Waals surface area contributed by atoms with E-state index >= 15 is 0 Å². The van der Waals surface area contributed by atoms with Crippen molar-refractivity contribution in [3.8, 4) is 0 Å². The predicted octanol–water partition coefficient (Wildman–Crippen LogP) is 3.09. The van der Waals surface area contributed by atoms with Gasteiger partial charge in [0.15, 0.2) is 5.96 Å². The molecule has 2 unspecified atom stereocenters. The monoisotopic (exact) mass is 557 g/mol. The summed E-state index contributed by atoms with van der Waals surface area (Å²) in [6, 6.07) is 8.35. The van der Waals surface area contributed by atoms with Crippen LogP contribution in [0.1, 0.15) is 56.0 Å². The lowest BCUT2D eigenvalue weighted by atomic mass is 10.1. The van der Waals surface area contributed by atoms with Gasteiger partial charge in [-0.3, -0.25) is 9.79 Å². The van der Waals surface area contributed by atoms with Crippen LogP contribution in [-0.4, -0.2) is 79.7 Å². The van der Waals surface area contributed by atoms with Gasteiger partial charge < -0.3 is 25.2 Å². The molecule has 0 saturated carbocycles. The molecule has 0 bridgehead atoms. The van der Waals surface area contributed by atoms with Gasteiger partial charge in [-0.2, -0.15) is 0 Å². The normalized spacial score (nSPS) is 22.9. The molecular formula is C24H40IN5O2. The molecule has 0 radical (unpaired) electrons. The zero-order valence-corrected chi connectivity index (χ0v) is 22.3. The number of piperidine rings is 1. The first-order valence-electron chi connectivity index (χ1n) is 11.7. The highest BCUT2D eigenvalue weighted by atomic mass is 127. The number of aliphatic imine (C=N–C) groups is 1. The third-order valence-corrected chi connectivity index (χ3v) is 6.06. The first kappa shape index (κ1) is 26.9. The highest BCUT2D eigenvalue weighted by Gasteiger charge is 2.26. The van der Waals surface area contributed by atoms with Crippen molar-refractivity contribution in [3.05, 3.63) is 35.4 Å². The van der Waals surface area contributed by atoms with E-state index in [2.05, 4.69) is 27.4 Å². The van der Waals surface area contributed by atoms with Gasteiger partial charge in [0.1, 0.15) is 0 Å². The second-order valence-electron chi connectivity index (χ2n) is 8.85. The number of nitrogens with zero attached hydrogens (tertiary/aromatic N) is 3. The van der Waals surface area contributed by atoms with Crippen LogP contribution in [0.15, 0.2) is 29.3 Å². The number of guanidine groups is 1. The standard InChI is InChI=1S/C24H39N5O2.HI/c1-5-12-28-13-10-22(11-14-28)27-24(25-4)26-15-20-6-8-21(9-7-20)23(30)29-16-18(2)31-19(3)17-29;/h6-9,18-19,22H,5,10-17H2,1-4H3,(H2,25,26,27);1H. The minimum absolute atomic E-state index is 0. The third-order valence-electron chi connectivity index (χ3n) is 6.06. The number of nitrogens with one attached hydrogen (secondary N) is 2. The van der Waals surface area contributed by atoms with Crippen LogP contribution in [0.2, 0.25) is 0 Å². The van der Waals surface area contributed by atoms with Crippen molar-refractivity contribution < 1.29 is 9.53 Å². The second-order valence-corrected chi connectivity index (χ2v) is 8.85. The van der Waals surface area contributed by atoms with Crippen LogP contribution in [0.25, 0.3) is 0 Å². The molecule has 2 aliphatic heterocycles. The summed E-state index contributed by atoms with van der Waals surface area (Å²) in [5.74, 6) is 0.916. The van der Waals surface area contributed by atoms with E-state index in [1.807, 2.05) is 50.1 Å². The van der Waals surface area contributed by atoms with Crippen LogP contribution >= 0.6 is 24.0 Å². The lowest BCUT2D eigenvalue weighted by Crippen LogP contribution is -2.48.